The van der Waals surface area contributed by atoms with Crippen molar-refractivity contribution in [3.8, 4) is 0 Å². The van der Waals surface area contributed by atoms with Crippen molar-refractivity contribution in [3.05, 3.63) is 22.7 Å². The maximum absolute atomic E-state index is 11.9. The Morgan fingerprint density at radius 2 is 2.39 bits per heavy atom. The van der Waals surface area contributed by atoms with Gasteiger partial charge in [-0.1, -0.05) is 27.3 Å². The van der Waals surface area contributed by atoms with Crippen LogP contribution in [-0.2, 0) is 4.79 Å². The highest BCUT2D eigenvalue weighted by Gasteiger charge is 2.31. The molecular weight excluding hydrogens is 332 g/mol. The standard InChI is InChI=1S/C12H11BrN2OS2/c13-8-1-2-9-10(4-8)18-12(14-9)15-5-7(6-17)3-11(15)16/h1-2,4,7,17H,3,5-6H2. The highest BCUT2D eigenvalue weighted by Crippen LogP contribution is 2.34. The van der Waals surface area contributed by atoms with E-state index in [0.717, 1.165) is 32.1 Å². The zero-order chi connectivity index (χ0) is 12.7. The molecule has 2 heterocycles. The van der Waals surface area contributed by atoms with Gasteiger partial charge in [-0.3, -0.25) is 9.69 Å². The summed E-state index contributed by atoms with van der Waals surface area (Å²) in [4.78, 5) is 18.3. The van der Waals surface area contributed by atoms with Crippen molar-refractivity contribution in [2.45, 2.75) is 6.42 Å². The summed E-state index contributed by atoms with van der Waals surface area (Å²) in [6.07, 6.45) is 0.586. The molecule has 2 aromatic rings. The minimum Gasteiger partial charge on any atom is -0.288 e. The van der Waals surface area contributed by atoms with Crippen molar-refractivity contribution in [3.63, 3.8) is 0 Å². The Balaban J connectivity index is 1.97. The first-order valence-corrected chi connectivity index (χ1v) is 7.89. The van der Waals surface area contributed by atoms with E-state index < -0.39 is 0 Å². The van der Waals surface area contributed by atoms with Crippen LogP contribution in [0.25, 0.3) is 10.2 Å². The third-order valence-electron chi connectivity index (χ3n) is 3.03. The summed E-state index contributed by atoms with van der Waals surface area (Å²) >= 11 is 9.28. The number of carbonyl (C=O) groups is 1. The number of nitrogens with zero attached hydrogens (tertiary/aromatic N) is 2. The maximum Gasteiger partial charge on any atom is 0.229 e. The predicted molar refractivity (Wildman–Crippen MR) is 81.6 cm³/mol. The van der Waals surface area contributed by atoms with Crippen molar-refractivity contribution in [1.82, 2.24) is 4.98 Å². The second kappa shape index (κ2) is 4.83. The number of hydrogen-bond donors (Lipinski definition) is 1. The smallest absolute Gasteiger partial charge is 0.229 e. The van der Waals surface area contributed by atoms with Crippen LogP contribution in [0.4, 0.5) is 5.13 Å². The minimum absolute atomic E-state index is 0.159. The van der Waals surface area contributed by atoms with Gasteiger partial charge in [-0.2, -0.15) is 12.6 Å². The quantitative estimate of drug-likeness (QED) is 0.849. The van der Waals surface area contributed by atoms with Crippen LogP contribution in [0.1, 0.15) is 6.42 Å². The number of anilines is 1. The first-order valence-electron chi connectivity index (χ1n) is 5.64. The Bertz CT molecular complexity index is 613. The molecule has 3 nitrogen and oxygen atoms in total. The average molecular weight is 343 g/mol. The van der Waals surface area contributed by atoms with Gasteiger partial charge in [0.1, 0.15) is 0 Å². The number of rotatable bonds is 2. The number of benzene rings is 1. The van der Waals surface area contributed by atoms with Gasteiger partial charge in [-0.15, -0.1) is 0 Å². The zero-order valence-corrected chi connectivity index (χ0v) is 12.8. The monoisotopic (exact) mass is 342 g/mol. The van der Waals surface area contributed by atoms with Crippen LogP contribution in [0, 0.1) is 5.92 Å². The fourth-order valence-electron chi connectivity index (χ4n) is 2.09. The molecule has 0 saturated carbocycles. The lowest BCUT2D eigenvalue weighted by molar-refractivity contribution is -0.117. The summed E-state index contributed by atoms with van der Waals surface area (Å²) in [7, 11) is 0. The summed E-state index contributed by atoms with van der Waals surface area (Å²) in [5, 5.41) is 0.803. The predicted octanol–water partition coefficient (Wildman–Crippen LogP) is 3.34. The van der Waals surface area contributed by atoms with Gasteiger partial charge in [-0.05, 0) is 29.9 Å². The number of carbonyl (C=O) groups excluding carboxylic acids is 1. The maximum atomic E-state index is 11.9. The molecule has 3 rings (SSSR count). The number of fused-ring (bicyclic) bond motifs is 1. The van der Waals surface area contributed by atoms with E-state index in [4.69, 9.17) is 0 Å². The molecule has 1 aromatic heterocycles. The van der Waals surface area contributed by atoms with Crippen LogP contribution in [-0.4, -0.2) is 23.2 Å². The third-order valence-corrected chi connectivity index (χ3v) is 5.08. The van der Waals surface area contributed by atoms with Crippen LogP contribution < -0.4 is 4.90 Å². The SMILES string of the molecule is O=C1CC(CS)CN1c1nc2ccc(Br)cc2s1. The molecule has 1 amide bonds. The molecule has 1 unspecified atom stereocenters. The van der Waals surface area contributed by atoms with Crippen molar-refractivity contribution in [2.75, 3.05) is 17.2 Å². The average Bonchev–Trinajstić information content (AvgIpc) is 2.91. The third kappa shape index (κ3) is 2.17. The van der Waals surface area contributed by atoms with E-state index in [0.29, 0.717) is 12.3 Å². The lowest BCUT2D eigenvalue weighted by atomic mass is 10.1. The Labute approximate surface area is 123 Å². The summed E-state index contributed by atoms with van der Waals surface area (Å²) in [5.74, 6) is 1.25. The Morgan fingerprint density at radius 3 is 3.11 bits per heavy atom. The first-order chi connectivity index (χ1) is 8.67. The zero-order valence-electron chi connectivity index (χ0n) is 9.47. The van der Waals surface area contributed by atoms with Crippen LogP contribution in [0.15, 0.2) is 22.7 Å². The lowest BCUT2D eigenvalue weighted by Crippen LogP contribution is -2.24. The number of aromatic nitrogens is 1. The summed E-state index contributed by atoms with van der Waals surface area (Å²) in [5.41, 5.74) is 0.945. The van der Waals surface area contributed by atoms with Crippen molar-refractivity contribution in [1.29, 1.82) is 0 Å². The second-order valence-electron chi connectivity index (χ2n) is 4.37. The van der Waals surface area contributed by atoms with E-state index in [1.165, 1.54) is 0 Å². The van der Waals surface area contributed by atoms with Crippen LogP contribution in [0.5, 0.6) is 0 Å². The summed E-state index contributed by atoms with van der Waals surface area (Å²) < 4.78 is 2.13. The molecule has 1 aromatic carbocycles. The molecule has 0 N–H and O–H groups in total. The molecule has 0 bridgehead atoms. The Hall–Kier alpha value is -0.590. The normalized spacial score (nSPS) is 20.0. The molecule has 1 aliphatic heterocycles. The molecule has 0 radical (unpaired) electrons. The number of halogens is 1. The number of amides is 1. The van der Waals surface area contributed by atoms with Gasteiger partial charge in [-0.25, -0.2) is 4.98 Å². The molecule has 6 heteroatoms. The van der Waals surface area contributed by atoms with E-state index >= 15 is 0 Å². The first kappa shape index (κ1) is 12.4. The lowest BCUT2D eigenvalue weighted by Gasteiger charge is -2.11. The van der Waals surface area contributed by atoms with E-state index in [9.17, 15) is 4.79 Å². The molecule has 1 atom stereocenters. The van der Waals surface area contributed by atoms with Crippen molar-refractivity contribution < 1.29 is 4.79 Å². The van der Waals surface area contributed by atoms with E-state index in [1.807, 2.05) is 18.2 Å². The Kier molecular flexibility index (Phi) is 3.34. The van der Waals surface area contributed by atoms with Crippen LogP contribution in [0.2, 0.25) is 0 Å². The highest BCUT2D eigenvalue weighted by molar-refractivity contribution is 9.10. The summed E-state index contributed by atoms with van der Waals surface area (Å²) in [6, 6.07) is 5.97. The Morgan fingerprint density at radius 1 is 1.56 bits per heavy atom. The molecule has 18 heavy (non-hydrogen) atoms. The fraction of sp³-hybridized carbons (Fsp3) is 0.333. The molecule has 0 spiro atoms. The number of hydrogen-bond acceptors (Lipinski definition) is 4. The van der Waals surface area contributed by atoms with Gasteiger partial charge >= 0.3 is 0 Å². The largest absolute Gasteiger partial charge is 0.288 e. The number of thiol groups is 1. The molecule has 1 saturated heterocycles. The molecule has 1 fully saturated rings. The minimum atomic E-state index is 0.159. The van der Waals surface area contributed by atoms with Crippen molar-refractivity contribution >= 4 is 61.2 Å². The van der Waals surface area contributed by atoms with Crippen LogP contribution in [0.3, 0.4) is 0 Å². The number of thiazole rings is 1. The van der Waals surface area contributed by atoms with Gasteiger partial charge in [0.05, 0.1) is 10.2 Å². The molecule has 1 aliphatic rings. The highest BCUT2D eigenvalue weighted by atomic mass is 79.9. The fourth-order valence-corrected chi connectivity index (χ4v) is 3.88. The van der Waals surface area contributed by atoms with Crippen molar-refractivity contribution in [2.24, 2.45) is 5.92 Å². The van der Waals surface area contributed by atoms with Crippen LogP contribution >= 0.6 is 39.9 Å². The van der Waals surface area contributed by atoms with E-state index in [-0.39, 0.29) is 5.91 Å². The second-order valence-corrected chi connectivity index (χ2v) is 6.66. The molecule has 94 valence electrons. The molecular formula is C12H11BrN2OS2. The topological polar surface area (TPSA) is 33.2 Å². The van der Waals surface area contributed by atoms with Gasteiger partial charge < -0.3 is 0 Å². The van der Waals surface area contributed by atoms with Gasteiger partial charge in [0.25, 0.3) is 0 Å². The van der Waals surface area contributed by atoms with E-state index in [1.54, 1.807) is 16.2 Å². The molecule has 0 aliphatic carbocycles. The summed E-state index contributed by atoms with van der Waals surface area (Å²) in [6.45, 7) is 0.739. The van der Waals surface area contributed by atoms with Gasteiger partial charge in [0, 0.05) is 17.4 Å². The van der Waals surface area contributed by atoms with E-state index in [2.05, 4.69) is 33.5 Å². The van der Waals surface area contributed by atoms with Gasteiger partial charge in [0.2, 0.25) is 5.91 Å². The van der Waals surface area contributed by atoms with Gasteiger partial charge in [0.15, 0.2) is 5.13 Å².